The number of aromatic nitrogens is 1. The predicted molar refractivity (Wildman–Crippen MR) is 268 cm³/mol. The lowest BCUT2D eigenvalue weighted by atomic mass is 10.0. The van der Waals surface area contributed by atoms with E-state index >= 15 is 0 Å². The Morgan fingerprint density at radius 3 is 2.00 bits per heavy atom. The van der Waals surface area contributed by atoms with Crippen LogP contribution in [-0.2, 0) is 72.8 Å². The number of unbranched alkanes of at least 4 members (excludes halogenated alkanes) is 1. The Morgan fingerprint density at radius 2 is 1.34 bits per heavy atom. The molecule has 3 aromatic carbocycles. The summed E-state index contributed by atoms with van der Waals surface area (Å²) in [5.41, 5.74) is 2.65. The summed E-state index contributed by atoms with van der Waals surface area (Å²) in [4.78, 5) is 125. The number of hydrogen-bond acceptors (Lipinski definition) is 13. The number of rotatable bonds is 29. The number of nitrogens with one attached hydrogen (secondary N) is 7. The lowest BCUT2D eigenvalue weighted by Crippen LogP contribution is -2.58. The summed E-state index contributed by atoms with van der Waals surface area (Å²) in [5.74, 6) is -7.36. The average Bonchev–Trinajstić information content (AvgIpc) is 3.92. The number of benzene rings is 3. The standard InChI is InChI=1S/C49H60N8O14S2/c1-3-4-13-36(47(65)56-39(27-44(61)62)46(64)50-23-21-30-10-6-5-7-11-30)54-48(66)38(26-32-28-51-35-14-9-8-12-34(32)35)53-41(58)29-52-45(63)37(22-24-72-2)55-49(67)40(57-42(59)19-20-43(57)60)25-31-15-17-33(18-16-31)71-73(68,69)70/h5-12,14-18,28,36-40,51H,3-4,13,19-27,29H2,1-2H3,(H,50,64)(H,52,63)(H,53,58)(H,54,66)(H,55,67)(H,56,65)(H,61,62)(H,68,69,70)/t36-,37-,38+,39-,40-/m0/s1. The van der Waals surface area contributed by atoms with Crippen LogP contribution in [-0.4, -0.2) is 136 Å². The molecule has 1 fully saturated rings. The Labute approximate surface area is 425 Å². The maximum Gasteiger partial charge on any atom is 0.446 e. The maximum atomic E-state index is 14.3. The van der Waals surface area contributed by atoms with Crippen LogP contribution in [0, 0.1) is 0 Å². The topological polar surface area (TPSA) is 329 Å². The van der Waals surface area contributed by atoms with Gasteiger partial charge in [0.1, 0.15) is 36.0 Å². The van der Waals surface area contributed by atoms with Gasteiger partial charge in [-0.2, -0.15) is 20.2 Å². The fourth-order valence-electron chi connectivity index (χ4n) is 8.01. The Bertz CT molecular complexity index is 2700. The van der Waals surface area contributed by atoms with Crippen molar-refractivity contribution in [3.63, 3.8) is 0 Å². The van der Waals surface area contributed by atoms with Gasteiger partial charge in [-0.05, 0) is 66.2 Å². The molecule has 0 spiro atoms. The van der Waals surface area contributed by atoms with Gasteiger partial charge in [0.2, 0.25) is 47.3 Å². The number of likely N-dealkylation sites (tertiary alicyclic amines) is 1. The molecule has 1 aliphatic heterocycles. The minimum Gasteiger partial charge on any atom is -0.481 e. The number of aliphatic carboxylic acids is 1. The van der Waals surface area contributed by atoms with Crippen LogP contribution in [0.4, 0.5) is 0 Å². The second-order valence-electron chi connectivity index (χ2n) is 17.2. The summed E-state index contributed by atoms with van der Waals surface area (Å²) in [6.07, 6.45) is 3.68. The second-order valence-corrected chi connectivity index (χ2v) is 19.2. The van der Waals surface area contributed by atoms with Gasteiger partial charge in [0.05, 0.1) is 13.0 Å². The summed E-state index contributed by atoms with van der Waals surface area (Å²) in [5, 5.41) is 26.0. The molecule has 1 aromatic heterocycles. The molecule has 9 N–H and O–H groups in total. The molecule has 0 bridgehead atoms. The molecule has 0 radical (unpaired) electrons. The SMILES string of the molecule is CCCC[C@H](NC(=O)[C@@H](Cc1c[nH]c2ccccc12)NC(=O)CNC(=O)[C@H](CCSC)NC(=O)[C@H](Cc1ccc(OS(=O)(=O)O)cc1)N1C(=O)CCC1=O)C(=O)N[C@@H](CC(=O)O)C(=O)NCCc1ccccc1. The summed E-state index contributed by atoms with van der Waals surface area (Å²) < 4.78 is 35.8. The smallest absolute Gasteiger partial charge is 0.446 e. The van der Waals surface area contributed by atoms with E-state index in [0.29, 0.717) is 36.1 Å². The highest BCUT2D eigenvalue weighted by atomic mass is 32.3. The number of carboxylic acids is 1. The van der Waals surface area contributed by atoms with Crippen molar-refractivity contribution in [2.45, 2.75) is 101 Å². The van der Waals surface area contributed by atoms with Gasteiger partial charge in [-0.25, -0.2) is 0 Å². The number of fused-ring (bicyclic) bond motifs is 1. The molecule has 5 rings (SSSR count). The first-order valence-electron chi connectivity index (χ1n) is 23.5. The second kappa shape index (κ2) is 27.5. The number of carboxylic acid groups (broad SMARTS) is 1. The Balaban J connectivity index is 1.30. The molecule has 2 heterocycles. The van der Waals surface area contributed by atoms with Crippen molar-refractivity contribution >= 4 is 86.3 Å². The molecular weight excluding hydrogens is 989 g/mol. The number of carbonyl (C=O) groups excluding carboxylic acids is 8. The highest BCUT2D eigenvalue weighted by Crippen LogP contribution is 2.22. The Hall–Kier alpha value is -7.31. The highest BCUT2D eigenvalue weighted by molar-refractivity contribution is 7.98. The number of aromatic amines is 1. The van der Waals surface area contributed by atoms with Crippen LogP contribution < -0.4 is 36.1 Å². The summed E-state index contributed by atoms with van der Waals surface area (Å²) >= 11 is 1.35. The first-order chi connectivity index (χ1) is 34.8. The minimum absolute atomic E-state index is 0.0477. The molecule has 24 heteroatoms. The van der Waals surface area contributed by atoms with Gasteiger partial charge in [-0.1, -0.05) is 80.4 Å². The quantitative estimate of drug-likeness (QED) is 0.0275. The number of thioether (sulfide) groups is 1. The number of H-pyrrole nitrogens is 1. The zero-order valence-electron chi connectivity index (χ0n) is 40.2. The molecule has 73 heavy (non-hydrogen) atoms. The predicted octanol–water partition coefficient (Wildman–Crippen LogP) is 1.48. The normalized spacial score (nSPS) is 14.5. The number of hydrogen-bond donors (Lipinski definition) is 9. The first kappa shape index (κ1) is 56.6. The van der Waals surface area contributed by atoms with Crippen LogP contribution in [0.1, 0.15) is 68.6 Å². The largest absolute Gasteiger partial charge is 0.481 e. The van der Waals surface area contributed by atoms with Crippen LogP contribution in [0.25, 0.3) is 10.9 Å². The van der Waals surface area contributed by atoms with Crippen LogP contribution in [0.2, 0.25) is 0 Å². The third-order valence-corrected chi connectivity index (χ3v) is 12.8. The number of nitrogens with zero attached hydrogens (tertiary/aromatic N) is 1. The molecule has 8 amide bonds. The van der Waals surface area contributed by atoms with Crippen LogP contribution in [0.5, 0.6) is 5.75 Å². The lowest BCUT2D eigenvalue weighted by molar-refractivity contribution is -0.147. The fraction of sp³-hybridized carbons (Fsp3) is 0.408. The maximum absolute atomic E-state index is 14.3. The summed E-state index contributed by atoms with van der Waals surface area (Å²) in [7, 11) is -4.83. The number of amides is 8. The fourth-order valence-corrected chi connectivity index (χ4v) is 8.84. The van der Waals surface area contributed by atoms with Crippen molar-refractivity contribution in [2.24, 2.45) is 0 Å². The molecule has 1 saturated heterocycles. The monoisotopic (exact) mass is 1050 g/mol. The lowest BCUT2D eigenvalue weighted by Gasteiger charge is -2.28. The van der Waals surface area contributed by atoms with E-state index in [1.807, 2.05) is 55.5 Å². The Kier molecular flexibility index (Phi) is 21.3. The number of carbonyl (C=O) groups is 9. The molecule has 5 atom stereocenters. The van der Waals surface area contributed by atoms with E-state index in [9.17, 15) is 56.7 Å². The van der Waals surface area contributed by atoms with Gasteiger partial charge in [0, 0.05) is 49.3 Å². The number of imide groups is 1. The van der Waals surface area contributed by atoms with Crippen molar-refractivity contribution in [1.82, 2.24) is 41.8 Å². The Morgan fingerprint density at radius 1 is 0.726 bits per heavy atom. The van der Waals surface area contributed by atoms with E-state index in [1.165, 1.54) is 36.0 Å². The molecule has 1 aliphatic rings. The van der Waals surface area contributed by atoms with Crippen molar-refractivity contribution in [3.05, 3.63) is 102 Å². The molecule has 4 aromatic rings. The van der Waals surface area contributed by atoms with Crippen LogP contribution in [0.3, 0.4) is 0 Å². The van der Waals surface area contributed by atoms with Crippen LogP contribution in [0.15, 0.2) is 85.1 Å². The van der Waals surface area contributed by atoms with Gasteiger partial charge < -0.3 is 46.2 Å². The van der Waals surface area contributed by atoms with E-state index in [-0.39, 0.29) is 50.8 Å². The summed E-state index contributed by atoms with van der Waals surface area (Å²) in [6, 6.07) is 14.8. The van der Waals surface area contributed by atoms with Crippen molar-refractivity contribution < 1.29 is 65.4 Å². The van der Waals surface area contributed by atoms with Gasteiger partial charge in [0.15, 0.2) is 0 Å². The molecule has 0 unspecified atom stereocenters. The molecule has 392 valence electrons. The van der Waals surface area contributed by atoms with Gasteiger partial charge in [-0.15, -0.1) is 0 Å². The van der Waals surface area contributed by atoms with E-state index in [2.05, 4.69) is 41.1 Å². The average molecular weight is 1050 g/mol. The van der Waals surface area contributed by atoms with E-state index in [0.717, 1.165) is 21.4 Å². The van der Waals surface area contributed by atoms with E-state index < -0.39 is 107 Å². The molecule has 22 nitrogen and oxygen atoms in total. The van der Waals surface area contributed by atoms with E-state index in [1.54, 1.807) is 18.5 Å². The third kappa shape index (κ3) is 17.7. The van der Waals surface area contributed by atoms with Gasteiger partial charge in [-0.3, -0.25) is 52.6 Å². The highest BCUT2D eigenvalue weighted by Gasteiger charge is 2.40. The molecular formula is C49H60N8O14S2. The van der Waals surface area contributed by atoms with Crippen LogP contribution >= 0.6 is 11.8 Å². The van der Waals surface area contributed by atoms with Crippen molar-refractivity contribution in [1.29, 1.82) is 0 Å². The zero-order chi connectivity index (χ0) is 53.1. The van der Waals surface area contributed by atoms with Crippen molar-refractivity contribution in [2.75, 3.05) is 25.1 Å². The van der Waals surface area contributed by atoms with Crippen molar-refractivity contribution in [3.8, 4) is 5.75 Å². The molecule has 0 saturated carbocycles. The van der Waals surface area contributed by atoms with Gasteiger partial charge in [0.25, 0.3) is 0 Å². The minimum atomic E-state index is -4.83. The van der Waals surface area contributed by atoms with Gasteiger partial charge >= 0.3 is 16.4 Å². The molecule has 0 aliphatic carbocycles. The third-order valence-electron chi connectivity index (χ3n) is 11.7. The number of para-hydroxylation sites is 1. The first-order valence-corrected chi connectivity index (χ1v) is 26.3. The van der Waals surface area contributed by atoms with E-state index in [4.69, 9.17) is 4.55 Å². The summed E-state index contributed by atoms with van der Waals surface area (Å²) in [6.45, 7) is 1.33. The zero-order valence-corrected chi connectivity index (χ0v) is 41.9.